The van der Waals surface area contributed by atoms with Crippen molar-refractivity contribution in [2.24, 2.45) is 0 Å². The van der Waals surface area contributed by atoms with Gasteiger partial charge in [0.25, 0.3) is 0 Å². The van der Waals surface area contributed by atoms with Gasteiger partial charge in [0.15, 0.2) is 52.4 Å². The largest absolute Gasteiger partial charge is 0.207 e. The second-order valence-electron chi connectivity index (χ2n) is 25.6. The van der Waals surface area contributed by atoms with Crippen LogP contribution in [0, 0.1) is 262 Å². The zero-order chi connectivity index (χ0) is 86.3. The summed E-state index contributed by atoms with van der Waals surface area (Å²) in [6.45, 7) is -2.60. The summed E-state index contributed by atoms with van der Waals surface area (Å²) in [5.74, 6) is -187. The smallest absolute Gasteiger partial charge is 0.203 e. The van der Waals surface area contributed by atoms with Crippen molar-refractivity contribution < 1.29 is 198 Å². The molecule has 1 saturated heterocycles. The molecule has 0 N–H and O–H groups in total. The lowest BCUT2D eigenvalue weighted by Gasteiger charge is -2.55. The molecule has 0 nitrogen and oxygen atoms in total. The molecule has 0 spiro atoms. The van der Waals surface area contributed by atoms with Crippen molar-refractivity contribution >= 4 is 88.9 Å². The van der Waals surface area contributed by atoms with Gasteiger partial charge in [0.1, 0.15) is 66.7 Å². The van der Waals surface area contributed by atoms with Crippen molar-refractivity contribution in [1.29, 1.82) is 0 Å². The van der Waals surface area contributed by atoms with E-state index in [4.69, 9.17) is 0 Å². The average Bonchev–Trinajstić information content (AvgIpc) is 0.680. The molecule has 10 rings (SSSR count). The van der Waals surface area contributed by atoms with Gasteiger partial charge in [-0.3, -0.25) is 0 Å². The third-order valence-electron chi connectivity index (χ3n) is 20.8. The van der Waals surface area contributed by atoms with E-state index < -0.39 is 407 Å². The molecule has 0 radical (unpaired) electrons. The SMILES string of the molecule is C[C@H]1C[BH-](c2c(F)c(F)c(F)c(F)c2F)[P+](c2c(F)c(F)c(F)c(F)c2F)(c2c(F)c(F)c(F)c(F)c2F)[C@@H](C)C[BH-](c2c(F)c(F)c(F)c(F)c2F)[P+](c2c(F)c(F)c(F)c(F)c2F)(c2c(F)c(F)c(F)c(F)c2F)[C@@H](C)C[BH-](c2c(F)c(F)c(F)c(F)c2F)[P+]1(c1c(F)c(F)c(F)c(F)c1F)c1c(F)c(F)c(F)c(F)c1F. The van der Waals surface area contributed by atoms with Crippen LogP contribution in [0.5, 0.6) is 0 Å². The van der Waals surface area contributed by atoms with Gasteiger partial charge in [-0.05, 0) is 20.8 Å². The lowest BCUT2D eigenvalue weighted by Crippen LogP contribution is -2.60. The average molecular weight is 1760 g/mol. The van der Waals surface area contributed by atoms with Crippen molar-refractivity contribution in [3.05, 3.63) is 262 Å². The highest BCUT2D eigenvalue weighted by Crippen LogP contribution is 2.77. The summed E-state index contributed by atoms with van der Waals surface area (Å²) in [5, 5.41) is -24.6. The van der Waals surface area contributed by atoms with Gasteiger partial charge in [-0.2, -0.15) is 52.7 Å². The molecule has 0 aliphatic carbocycles. The predicted molar refractivity (Wildman–Crippen MR) is 318 cm³/mol. The minimum Gasteiger partial charge on any atom is -0.207 e. The quantitative estimate of drug-likeness (QED) is 0.0444. The Morgan fingerprint density at radius 1 is 0.140 bits per heavy atom. The second-order valence-corrected chi connectivity index (χ2v) is 38.4. The van der Waals surface area contributed by atoms with Crippen LogP contribution in [0.4, 0.5) is 198 Å². The summed E-state index contributed by atoms with van der Waals surface area (Å²) < 4.78 is 772. The normalized spacial score (nSPS) is 18.6. The molecule has 9 aromatic rings. The first-order valence-corrected chi connectivity index (χ1v) is 36.7. The minimum absolute atomic E-state index is 0.867. The Bertz CT molecular complexity index is 4690. The Kier molecular flexibility index (Phi) is 23.2. The van der Waals surface area contributed by atoms with Crippen LogP contribution in [-0.2, 0) is 0 Å². The fourth-order valence-corrected chi connectivity index (χ4v) is 36.9. The van der Waals surface area contributed by atoms with E-state index in [2.05, 4.69) is 0 Å². The zero-order valence-electron chi connectivity index (χ0n) is 54.3. The van der Waals surface area contributed by atoms with E-state index in [0.717, 1.165) is 0 Å². The van der Waals surface area contributed by atoms with Crippen LogP contribution in [0.3, 0.4) is 0 Å². The molecular weight excluding hydrogens is 1740 g/mol. The molecule has 3 unspecified atom stereocenters. The highest BCUT2D eigenvalue weighted by atomic mass is 31.2. The maximum absolute atomic E-state index is 18.3. The van der Waals surface area contributed by atoms with Gasteiger partial charge in [0.2, 0.25) is 194 Å². The monoisotopic (exact) mass is 1760 g/mol. The molecule has 9 aromatic carbocycles. The molecular formula is C63H21B3F45P3. The van der Waals surface area contributed by atoms with E-state index in [1.54, 1.807) is 0 Å². The fraction of sp³-hybridized carbons (Fsp3) is 0.143. The number of halogens is 45. The molecule has 1 fully saturated rings. The molecule has 1 heterocycles. The highest BCUT2D eigenvalue weighted by Gasteiger charge is 2.69. The molecule has 612 valence electrons. The molecule has 0 aromatic heterocycles. The van der Waals surface area contributed by atoms with Gasteiger partial charge in [-0.25, -0.2) is 145 Å². The molecule has 1 aliphatic heterocycles. The molecule has 0 saturated carbocycles. The molecule has 6 atom stereocenters. The van der Waals surface area contributed by atoms with Crippen LogP contribution >= 0.6 is 21.4 Å². The van der Waals surface area contributed by atoms with Crippen LogP contribution in [0.1, 0.15) is 20.8 Å². The lowest BCUT2D eigenvalue weighted by atomic mass is 9.61. The van der Waals surface area contributed by atoms with Crippen LogP contribution in [0.25, 0.3) is 0 Å². The summed E-state index contributed by atoms with van der Waals surface area (Å²) in [5.41, 5.74) is -26.3. The van der Waals surface area contributed by atoms with E-state index in [1.165, 1.54) is 0 Å². The Labute approximate surface area is 603 Å². The van der Waals surface area contributed by atoms with Gasteiger partial charge < -0.3 is 0 Å². The zero-order valence-corrected chi connectivity index (χ0v) is 57.0. The van der Waals surface area contributed by atoms with E-state index in [1.807, 2.05) is 0 Å². The van der Waals surface area contributed by atoms with Crippen LogP contribution in [0.15, 0.2) is 0 Å². The highest BCUT2D eigenvalue weighted by molar-refractivity contribution is 8.19. The van der Waals surface area contributed by atoms with E-state index in [-0.39, 0.29) is 0 Å². The van der Waals surface area contributed by atoms with Gasteiger partial charge in [0.05, 0.1) is 0 Å². The summed E-state index contributed by atoms with van der Waals surface area (Å²) in [6.07, 6.45) is -33.5. The Morgan fingerprint density at radius 3 is 0.316 bits per heavy atom. The first kappa shape index (κ1) is 87.7. The van der Waals surface area contributed by atoms with E-state index in [0.29, 0.717) is 0 Å². The van der Waals surface area contributed by atoms with Crippen molar-refractivity contribution in [3.8, 4) is 0 Å². The summed E-state index contributed by atoms with van der Waals surface area (Å²) in [7, 11) is -27.5. The maximum Gasteiger partial charge on any atom is 0.203 e. The third-order valence-corrected chi connectivity index (χ3v) is 38.5. The number of benzene rings is 9. The minimum atomic E-state index is -9.16. The van der Waals surface area contributed by atoms with Gasteiger partial charge >= 0.3 is 0 Å². The van der Waals surface area contributed by atoms with Gasteiger partial charge in [-0.15, -0.1) is 19.0 Å². The lowest BCUT2D eigenvalue weighted by molar-refractivity contribution is 0.382. The van der Waals surface area contributed by atoms with E-state index >= 15 is 198 Å². The molecule has 1 aliphatic rings. The summed E-state index contributed by atoms with van der Waals surface area (Å²) >= 11 is 0. The second kappa shape index (κ2) is 30.1. The van der Waals surface area contributed by atoms with Crippen molar-refractivity contribution in [1.82, 2.24) is 0 Å². The molecule has 0 amide bonds. The number of rotatable bonds is 9. The first-order valence-electron chi connectivity index (χ1n) is 30.6. The Balaban J connectivity index is 1.82. The van der Waals surface area contributed by atoms with Crippen molar-refractivity contribution in [2.45, 2.75) is 56.7 Å². The maximum atomic E-state index is 18.3. The molecule has 114 heavy (non-hydrogen) atoms. The summed E-state index contributed by atoms with van der Waals surface area (Å²) in [4.78, 5) is 0. The molecule has 0 bridgehead atoms. The Morgan fingerprint density at radius 2 is 0.219 bits per heavy atom. The summed E-state index contributed by atoms with van der Waals surface area (Å²) in [6, 6.07) is 0. The van der Waals surface area contributed by atoms with Crippen LogP contribution < -0.4 is 48.2 Å². The number of hydrogen-bond acceptors (Lipinski definition) is 0. The van der Waals surface area contributed by atoms with Gasteiger partial charge in [-0.1, -0.05) is 37.8 Å². The Hall–Kier alpha value is -8.69. The topological polar surface area (TPSA) is 0 Å². The van der Waals surface area contributed by atoms with E-state index in [9.17, 15) is 0 Å². The van der Waals surface area contributed by atoms with Gasteiger partial charge in [0, 0.05) is 17.0 Å². The number of hydrogen-bond donors (Lipinski definition) is 0. The van der Waals surface area contributed by atoms with Crippen molar-refractivity contribution in [2.75, 3.05) is 0 Å². The first-order chi connectivity index (χ1) is 52.6. The third kappa shape index (κ3) is 11.8. The van der Waals surface area contributed by atoms with Crippen LogP contribution in [-0.4, -0.2) is 36.3 Å². The van der Waals surface area contributed by atoms with Crippen LogP contribution in [0.2, 0.25) is 19.0 Å². The fourth-order valence-electron chi connectivity index (χ4n) is 16.3. The standard InChI is InChI=1S/C63H21B3F45P3/c1-7-4-64(10-13(67)19(73)25(79)20(74)14(10)68)113(60-50(104)38(92)30(84)39(93)51(60)105,61-52(106)40(94)31(85)41(95)53(61)107)9(3)6-66(12-17(71)23(77)27(81)24(78)18(12)72)114(62-54(108)42(96)32(86)43(97)55(62)109,63-56(110)44(98)33(87)45(99)57(63)111)8(2)5-65(11-15(69)21(75)26(80)22(76)16(11)70)112(7,58-46(100)34(88)28(82)35(89)47(58)101)59-48(102)36(90)29(83)37(91)49(59)103/h7-9,64-66H,4-6H2,1-3H3/t7-,8-,9-,64?,65?,66?/m0/s1. The van der Waals surface area contributed by atoms with Crippen molar-refractivity contribution in [3.63, 3.8) is 0 Å². The molecule has 51 heteroatoms. The predicted octanol–water partition coefficient (Wildman–Crippen LogP) is 17.3.